The average Bonchev–Trinajstić information content (AvgIpc) is 3.27. The highest BCUT2D eigenvalue weighted by Crippen LogP contribution is 2.43. The van der Waals surface area contributed by atoms with Crippen LogP contribution in [0, 0.1) is 0 Å². The van der Waals surface area contributed by atoms with Crippen LogP contribution in [-0.2, 0) is 4.79 Å². The van der Waals surface area contributed by atoms with Crippen molar-refractivity contribution in [1.29, 1.82) is 0 Å². The third-order valence-electron chi connectivity index (χ3n) is 4.25. The summed E-state index contributed by atoms with van der Waals surface area (Å²) in [6.07, 6.45) is 6.40. The molecule has 2 aliphatic rings. The molecule has 2 aromatic heterocycles. The molecule has 2 aromatic rings. The Hall–Kier alpha value is -2.81. The van der Waals surface area contributed by atoms with Gasteiger partial charge in [0.15, 0.2) is 5.65 Å². The second-order valence-electron chi connectivity index (χ2n) is 6.82. The van der Waals surface area contributed by atoms with E-state index >= 15 is 0 Å². The van der Waals surface area contributed by atoms with Crippen molar-refractivity contribution in [3.8, 4) is 0 Å². The first kappa shape index (κ1) is 17.6. The van der Waals surface area contributed by atoms with Gasteiger partial charge < -0.3 is 10.6 Å². The molecule has 0 aromatic carbocycles. The van der Waals surface area contributed by atoms with E-state index in [1.165, 1.54) is 4.91 Å². The maximum absolute atomic E-state index is 11.8. The van der Waals surface area contributed by atoms with E-state index in [2.05, 4.69) is 47.9 Å². The van der Waals surface area contributed by atoms with Crippen molar-refractivity contribution in [3.05, 3.63) is 40.2 Å². The van der Waals surface area contributed by atoms with Crippen LogP contribution in [0.4, 0.5) is 10.6 Å². The first-order valence-corrected chi connectivity index (χ1v) is 9.61. The van der Waals surface area contributed by atoms with Gasteiger partial charge in [-0.25, -0.2) is 9.78 Å². The molecule has 8 nitrogen and oxygen atoms in total. The van der Waals surface area contributed by atoms with Gasteiger partial charge in [0, 0.05) is 17.7 Å². The van der Waals surface area contributed by atoms with Crippen LogP contribution in [0.2, 0.25) is 0 Å². The summed E-state index contributed by atoms with van der Waals surface area (Å²) in [6, 6.07) is 1.73. The summed E-state index contributed by atoms with van der Waals surface area (Å²) in [5, 5.41) is 12.8. The summed E-state index contributed by atoms with van der Waals surface area (Å²) in [5.74, 6) is 0.391. The van der Waals surface area contributed by atoms with Crippen molar-refractivity contribution < 1.29 is 9.59 Å². The lowest BCUT2D eigenvalue weighted by Gasteiger charge is -2.15. The highest BCUT2D eigenvalue weighted by atomic mass is 32.2. The molecule has 1 atom stereocenters. The summed E-state index contributed by atoms with van der Waals surface area (Å²) in [4.78, 5) is 29.3. The molecular formula is C18H20N6O2S. The van der Waals surface area contributed by atoms with Gasteiger partial charge in [-0.05, 0) is 38.2 Å². The number of carbonyl (C=O) groups excluding carboxylic acids is 2. The quantitative estimate of drug-likeness (QED) is 0.554. The van der Waals surface area contributed by atoms with E-state index in [0.717, 1.165) is 17.9 Å². The number of nitrogens with zero attached hydrogens (tertiary/aromatic N) is 3. The summed E-state index contributed by atoms with van der Waals surface area (Å²) in [5.41, 5.74) is 2.46. The van der Waals surface area contributed by atoms with Gasteiger partial charge >= 0.3 is 6.03 Å². The van der Waals surface area contributed by atoms with Crippen LogP contribution in [-0.4, -0.2) is 32.6 Å². The van der Waals surface area contributed by atoms with Crippen LogP contribution in [0.1, 0.15) is 43.7 Å². The molecule has 1 saturated heterocycles. The first-order valence-electron chi connectivity index (χ1n) is 8.73. The van der Waals surface area contributed by atoms with Gasteiger partial charge in [-0.15, -0.1) is 11.8 Å². The molecule has 2 aliphatic heterocycles. The average molecular weight is 384 g/mol. The number of aromatic nitrogens is 3. The Morgan fingerprint density at radius 3 is 2.81 bits per heavy atom. The van der Waals surface area contributed by atoms with Crippen LogP contribution in [0.25, 0.3) is 11.7 Å². The minimum Gasteiger partial charge on any atom is -0.368 e. The lowest BCUT2D eigenvalue weighted by Crippen LogP contribution is -2.22. The summed E-state index contributed by atoms with van der Waals surface area (Å²) in [7, 11) is 0. The topological polar surface area (TPSA) is 100 Å². The Morgan fingerprint density at radius 1 is 1.37 bits per heavy atom. The fraction of sp³-hybridized carbons (Fsp3) is 0.333. The molecule has 0 radical (unpaired) electrons. The van der Waals surface area contributed by atoms with Crippen molar-refractivity contribution >= 4 is 41.2 Å². The number of thioether (sulfide) groups is 1. The molecule has 27 heavy (non-hydrogen) atoms. The van der Waals surface area contributed by atoms with Crippen LogP contribution in [0.5, 0.6) is 0 Å². The Morgan fingerprint density at radius 2 is 2.19 bits per heavy atom. The van der Waals surface area contributed by atoms with E-state index in [9.17, 15) is 9.59 Å². The maximum Gasteiger partial charge on any atom is 0.326 e. The summed E-state index contributed by atoms with van der Waals surface area (Å²) in [6.45, 7) is 6.23. The molecular weight excluding hydrogens is 364 g/mol. The van der Waals surface area contributed by atoms with Gasteiger partial charge in [-0.3, -0.25) is 10.1 Å². The number of rotatable bonds is 4. The van der Waals surface area contributed by atoms with E-state index in [0.29, 0.717) is 11.2 Å². The zero-order chi connectivity index (χ0) is 19.1. The molecule has 9 heteroatoms. The van der Waals surface area contributed by atoms with Gasteiger partial charge in [-0.1, -0.05) is 6.08 Å². The van der Waals surface area contributed by atoms with E-state index in [-0.39, 0.29) is 17.0 Å². The van der Waals surface area contributed by atoms with E-state index in [1.54, 1.807) is 28.6 Å². The zero-order valence-electron chi connectivity index (χ0n) is 15.2. The molecule has 1 unspecified atom stereocenters. The lowest BCUT2D eigenvalue weighted by molar-refractivity contribution is -0.115. The number of nitrogens with one attached hydrogen (secondary N) is 3. The monoisotopic (exact) mass is 384 g/mol. The van der Waals surface area contributed by atoms with Crippen molar-refractivity contribution in [2.24, 2.45) is 0 Å². The van der Waals surface area contributed by atoms with Crippen molar-refractivity contribution in [2.45, 2.75) is 38.5 Å². The van der Waals surface area contributed by atoms with Crippen LogP contribution >= 0.6 is 11.8 Å². The number of hydrogen-bond donors (Lipinski definition) is 3. The number of anilines is 1. The molecule has 0 spiro atoms. The van der Waals surface area contributed by atoms with E-state index < -0.39 is 11.9 Å². The van der Waals surface area contributed by atoms with Crippen molar-refractivity contribution in [1.82, 2.24) is 25.2 Å². The van der Waals surface area contributed by atoms with E-state index in [4.69, 9.17) is 4.98 Å². The number of imide groups is 1. The summed E-state index contributed by atoms with van der Waals surface area (Å²) >= 11 is 1.80. The second kappa shape index (κ2) is 6.73. The normalized spacial score (nSPS) is 21.1. The highest BCUT2D eigenvalue weighted by Gasteiger charge is 2.25. The maximum atomic E-state index is 11.8. The number of carbonyl (C=O) groups is 2. The minimum atomic E-state index is -0.526. The van der Waals surface area contributed by atoms with E-state index in [1.807, 2.05) is 6.07 Å². The second-order valence-corrected chi connectivity index (χ2v) is 8.27. The molecule has 3 amide bonds. The van der Waals surface area contributed by atoms with Gasteiger partial charge in [0.25, 0.3) is 5.91 Å². The SMILES string of the molecule is CC1=CCC(c2cc(NC(C)C)n3ncc(/C=C4\NC(=O)NC4=O)c3n2)S1. The molecule has 4 heterocycles. The molecule has 140 valence electrons. The Kier molecular flexibility index (Phi) is 4.39. The predicted octanol–water partition coefficient (Wildman–Crippen LogP) is 2.81. The Balaban J connectivity index is 1.81. The molecule has 0 aliphatic carbocycles. The van der Waals surface area contributed by atoms with Crippen LogP contribution in [0.3, 0.4) is 0 Å². The number of allylic oxidation sites excluding steroid dienone is 2. The molecule has 0 bridgehead atoms. The number of hydrogen-bond acceptors (Lipinski definition) is 6. The lowest BCUT2D eigenvalue weighted by atomic mass is 10.2. The fourth-order valence-corrected chi connectivity index (χ4v) is 4.15. The van der Waals surface area contributed by atoms with Gasteiger partial charge in [0.1, 0.15) is 11.5 Å². The van der Waals surface area contributed by atoms with Crippen molar-refractivity contribution in [3.63, 3.8) is 0 Å². The molecule has 0 saturated carbocycles. The number of urea groups is 1. The molecule has 1 fully saturated rings. The molecule has 4 rings (SSSR count). The Labute approximate surface area is 160 Å². The third-order valence-corrected chi connectivity index (χ3v) is 5.51. The minimum absolute atomic E-state index is 0.188. The summed E-state index contributed by atoms with van der Waals surface area (Å²) < 4.78 is 1.73. The fourth-order valence-electron chi connectivity index (χ4n) is 3.08. The van der Waals surface area contributed by atoms with Crippen molar-refractivity contribution in [2.75, 3.05) is 5.32 Å². The first-order chi connectivity index (χ1) is 12.9. The predicted molar refractivity (Wildman–Crippen MR) is 105 cm³/mol. The highest BCUT2D eigenvalue weighted by molar-refractivity contribution is 8.03. The van der Waals surface area contributed by atoms with Gasteiger partial charge in [-0.2, -0.15) is 9.61 Å². The third kappa shape index (κ3) is 3.42. The Bertz CT molecular complexity index is 1010. The smallest absolute Gasteiger partial charge is 0.326 e. The standard InChI is InChI=1S/C18H20N6O2S/c1-9(2)20-15-7-12(14-5-4-10(3)27-14)21-16-11(8-19-24(15)16)6-13-17(25)23-18(26)22-13/h4,6-9,14,20H,5H2,1-3H3,(H2,22,23,25,26)/b13-6-. The number of fused-ring (bicyclic) bond motifs is 1. The van der Waals surface area contributed by atoms with Crippen LogP contribution < -0.4 is 16.0 Å². The largest absolute Gasteiger partial charge is 0.368 e. The molecule has 3 N–H and O–H groups in total. The van der Waals surface area contributed by atoms with Gasteiger partial charge in [0.2, 0.25) is 0 Å². The van der Waals surface area contributed by atoms with Gasteiger partial charge in [0.05, 0.1) is 17.1 Å². The number of amides is 3. The zero-order valence-corrected chi connectivity index (χ0v) is 16.1. The van der Waals surface area contributed by atoms with Crippen LogP contribution in [0.15, 0.2) is 28.9 Å².